The second-order valence-electron chi connectivity index (χ2n) is 3.60. The largest absolute Gasteiger partial charge is 0.315 e. The Hall–Kier alpha value is -1.35. The lowest BCUT2D eigenvalue weighted by molar-refractivity contribution is 0.937. The van der Waals surface area contributed by atoms with Gasteiger partial charge in [0, 0.05) is 19.8 Å². The van der Waals surface area contributed by atoms with Gasteiger partial charge in [0.15, 0.2) is 0 Å². The fraction of sp³-hybridized carbons (Fsp3) is 0.417. The molecule has 0 fully saturated rings. The van der Waals surface area contributed by atoms with Gasteiger partial charge >= 0.3 is 0 Å². The van der Waals surface area contributed by atoms with Crippen molar-refractivity contribution in [1.82, 2.24) is 5.32 Å². The van der Waals surface area contributed by atoms with Gasteiger partial charge in [-0.05, 0) is 38.1 Å². The molecule has 1 aromatic rings. The van der Waals surface area contributed by atoms with Gasteiger partial charge in [-0.25, -0.2) is 0 Å². The maximum Gasteiger partial charge on any atom is 0.0622 e. The summed E-state index contributed by atoms with van der Waals surface area (Å²) in [4.78, 5) is 0. The molecule has 0 atom stereocenters. The van der Waals surface area contributed by atoms with Gasteiger partial charge < -0.3 is 5.32 Å². The minimum Gasteiger partial charge on any atom is -0.315 e. The number of rotatable bonds is 4. The van der Waals surface area contributed by atoms with Crippen LogP contribution in [0.3, 0.4) is 0 Å². The fourth-order valence-electron chi connectivity index (χ4n) is 1.40. The summed E-state index contributed by atoms with van der Waals surface area (Å²) in [6.45, 7) is 5.02. The molecule has 0 unspecified atom stereocenters. The maximum atomic E-state index is 4.33. The fourth-order valence-corrected chi connectivity index (χ4v) is 1.40. The summed E-state index contributed by atoms with van der Waals surface area (Å²) in [6.07, 6.45) is 1.86. The molecule has 0 aliphatic rings. The van der Waals surface area contributed by atoms with E-state index in [1.165, 1.54) is 11.1 Å². The first kappa shape index (κ1) is 11.7. The van der Waals surface area contributed by atoms with Crippen LogP contribution in [0.5, 0.6) is 0 Å². The normalized spacial score (nSPS) is 10.9. The molecule has 0 aromatic heterocycles. The van der Waals surface area contributed by atoms with E-state index in [2.05, 4.69) is 42.5 Å². The predicted molar refractivity (Wildman–Crippen MR) is 66.7 cm³/mol. The first-order valence-electron chi connectivity index (χ1n) is 5.13. The van der Waals surface area contributed by atoms with Crippen LogP contribution in [0.4, 0.5) is 5.69 Å². The van der Waals surface area contributed by atoms with Crippen LogP contribution < -0.4 is 10.3 Å². The van der Waals surface area contributed by atoms with Crippen molar-refractivity contribution in [3.63, 3.8) is 0 Å². The lowest BCUT2D eigenvalue weighted by atomic mass is 10.1. The molecule has 0 radical (unpaired) electrons. The molecule has 15 heavy (non-hydrogen) atoms. The van der Waals surface area contributed by atoms with Crippen molar-refractivity contribution in [3.8, 4) is 0 Å². The average molecular weight is 205 g/mol. The van der Waals surface area contributed by atoms with E-state index >= 15 is 0 Å². The van der Waals surface area contributed by atoms with Crippen LogP contribution in [-0.4, -0.2) is 26.9 Å². The summed E-state index contributed by atoms with van der Waals surface area (Å²) in [6, 6.07) is 6.25. The van der Waals surface area contributed by atoms with E-state index in [1.54, 1.807) is 0 Å². The second-order valence-corrected chi connectivity index (χ2v) is 3.60. The standard InChI is InChI=1S/C12H19N3/c1-10-6-5-7-12(11(10)2)15(4)14-9-8-13-3/h5-7,9,13H,8H2,1-4H3/b14-9-. The molecule has 0 aliphatic carbocycles. The van der Waals surface area contributed by atoms with Crippen molar-refractivity contribution in [3.05, 3.63) is 29.3 Å². The number of hydrazone groups is 1. The van der Waals surface area contributed by atoms with Gasteiger partial charge in [-0.15, -0.1) is 0 Å². The van der Waals surface area contributed by atoms with Crippen LogP contribution in [0.2, 0.25) is 0 Å². The van der Waals surface area contributed by atoms with Crippen LogP contribution in [-0.2, 0) is 0 Å². The molecular formula is C12H19N3. The van der Waals surface area contributed by atoms with E-state index in [0.29, 0.717) is 0 Å². The number of benzene rings is 1. The van der Waals surface area contributed by atoms with Gasteiger partial charge in [-0.2, -0.15) is 5.10 Å². The topological polar surface area (TPSA) is 27.6 Å². The molecule has 82 valence electrons. The van der Waals surface area contributed by atoms with Crippen molar-refractivity contribution >= 4 is 11.9 Å². The van der Waals surface area contributed by atoms with Crippen molar-refractivity contribution in [2.24, 2.45) is 5.10 Å². The Morgan fingerprint density at radius 2 is 2.13 bits per heavy atom. The molecule has 1 aromatic carbocycles. The Morgan fingerprint density at radius 3 is 2.80 bits per heavy atom. The quantitative estimate of drug-likeness (QED) is 0.601. The number of nitrogens with one attached hydrogen (secondary N) is 1. The maximum absolute atomic E-state index is 4.33. The van der Waals surface area contributed by atoms with Crippen molar-refractivity contribution in [2.75, 3.05) is 25.6 Å². The molecule has 1 N–H and O–H groups in total. The molecule has 3 heteroatoms. The van der Waals surface area contributed by atoms with Gasteiger partial charge in [0.25, 0.3) is 0 Å². The van der Waals surface area contributed by atoms with E-state index < -0.39 is 0 Å². The Balaban J connectivity index is 2.82. The van der Waals surface area contributed by atoms with Crippen molar-refractivity contribution in [2.45, 2.75) is 13.8 Å². The van der Waals surface area contributed by atoms with Gasteiger partial charge in [0.2, 0.25) is 0 Å². The van der Waals surface area contributed by atoms with Crippen LogP contribution >= 0.6 is 0 Å². The lowest BCUT2D eigenvalue weighted by Gasteiger charge is -2.16. The zero-order valence-corrected chi connectivity index (χ0v) is 9.91. The third-order valence-corrected chi connectivity index (χ3v) is 2.47. The molecule has 0 heterocycles. The summed E-state index contributed by atoms with van der Waals surface area (Å²) in [5.74, 6) is 0. The Bertz CT molecular complexity index is 345. The molecule has 1 rings (SSSR count). The molecule has 0 amide bonds. The summed E-state index contributed by atoms with van der Waals surface area (Å²) in [5.41, 5.74) is 3.73. The molecular weight excluding hydrogens is 186 g/mol. The van der Waals surface area contributed by atoms with E-state index in [9.17, 15) is 0 Å². The van der Waals surface area contributed by atoms with Crippen LogP contribution in [0.1, 0.15) is 11.1 Å². The third-order valence-electron chi connectivity index (χ3n) is 2.47. The molecule has 0 saturated heterocycles. The summed E-state index contributed by atoms with van der Waals surface area (Å²) in [5, 5.41) is 9.26. The number of nitrogens with zero attached hydrogens (tertiary/aromatic N) is 2. The Morgan fingerprint density at radius 1 is 1.40 bits per heavy atom. The Kier molecular flexibility index (Phi) is 4.31. The van der Waals surface area contributed by atoms with Crippen LogP contribution in [0, 0.1) is 13.8 Å². The minimum absolute atomic E-state index is 0.787. The van der Waals surface area contributed by atoms with Gasteiger partial charge in [-0.3, -0.25) is 5.01 Å². The monoisotopic (exact) mass is 205 g/mol. The van der Waals surface area contributed by atoms with E-state index in [-0.39, 0.29) is 0 Å². The van der Waals surface area contributed by atoms with Gasteiger partial charge in [0.1, 0.15) is 0 Å². The highest BCUT2D eigenvalue weighted by Crippen LogP contribution is 2.21. The highest BCUT2D eigenvalue weighted by Gasteiger charge is 2.03. The first-order chi connectivity index (χ1) is 7.16. The van der Waals surface area contributed by atoms with Crippen molar-refractivity contribution in [1.29, 1.82) is 0 Å². The van der Waals surface area contributed by atoms with Crippen molar-refractivity contribution < 1.29 is 0 Å². The summed E-state index contributed by atoms with van der Waals surface area (Å²) >= 11 is 0. The Labute approximate surface area is 91.8 Å². The molecule has 0 bridgehead atoms. The first-order valence-corrected chi connectivity index (χ1v) is 5.13. The van der Waals surface area contributed by atoms with Gasteiger partial charge in [0.05, 0.1) is 5.69 Å². The number of anilines is 1. The number of hydrogen-bond acceptors (Lipinski definition) is 3. The summed E-state index contributed by atoms with van der Waals surface area (Å²) in [7, 11) is 3.87. The minimum atomic E-state index is 0.787. The smallest absolute Gasteiger partial charge is 0.0622 e. The van der Waals surface area contributed by atoms with E-state index in [4.69, 9.17) is 0 Å². The zero-order valence-electron chi connectivity index (χ0n) is 9.91. The predicted octanol–water partition coefficient (Wildman–Crippen LogP) is 1.94. The highest BCUT2D eigenvalue weighted by molar-refractivity contribution is 5.63. The highest BCUT2D eigenvalue weighted by atomic mass is 15.4. The SMILES string of the molecule is CNC/C=N\N(C)c1cccc(C)c1C. The number of aryl methyl sites for hydroxylation is 1. The molecule has 0 saturated carbocycles. The van der Waals surface area contributed by atoms with Crippen LogP contribution in [0.15, 0.2) is 23.3 Å². The molecule has 0 spiro atoms. The number of hydrogen-bond donors (Lipinski definition) is 1. The zero-order chi connectivity index (χ0) is 11.3. The third kappa shape index (κ3) is 3.06. The van der Waals surface area contributed by atoms with E-state index in [0.717, 1.165) is 12.2 Å². The molecule has 0 aliphatic heterocycles. The lowest BCUT2D eigenvalue weighted by Crippen LogP contribution is -2.15. The average Bonchev–Trinajstić information content (AvgIpc) is 2.22. The van der Waals surface area contributed by atoms with E-state index in [1.807, 2.05) is 25.3 Å². The summed E-state index contributed by atoms with van der Waals surface area (Å²) < 4.78 is 0. The second kappa shape index (κ2) is 5.51. The molecule has 3 nitrogen and oxygen atoms in total. The van der Waals surface area contributed by atoms with Gasteiger partial charge in [-0.1, -0.05) is 12.1 Å². The van der Waals surface area contributed by atoms with Crippen LogP contribution in [0.25, 0.3) is 0 Å².